The molecule has 0 aromatic heterocycles. The molecule has 3 rings (SSSR count). The minimum atomic E-state index is -0.487. The Morgan fingerprint density at radius 3 is 2.35 bits per heavy atom. The lowest BCUT2D eigenvalue weighted by molar-refractivity contribution is -0.115. The molecule has 0 radical (unpaired) electrons. The normalized spacial score (nSPS) is 10.3. The molecule has 7 heteroatoms. The first-order chi connectivity index (χ1) is 15.0. The van der Waals surface area contributed by atoms with Crippen LogP contribution in [0.1, 0.15) is 16.7 Å². The fourth-order valence-electron chi connectivity index (χ4n) is 3.02. The number of ether oxygens (including phenoxy) is 1. The van der Waals surface area contributed by atoms with Crippen LogP contribution in [0.25, 0.3) is 0 Å². The maximum atomic E-state index is 12.9. The largest absolute Gasteiger partial charge is 0.496 e. The molecule has 0 saturated heterocycles. The molecule has 0 atom stereocenters. The van der Waals surface area contributed by atoms with Gasteiger partial charge in [-0.05, 0) is 41.5 Å². The summed E-state index contributed by atoms with van der Waals surface area (Å²) in [5, 5.41) is 7.90. The second-order valence-corrected chi connectivity index (χ2v) is 6.90. The van der Waals surface area contributed by atoms with E-state index >= 15 is 0 Å². The summed E-state index contributed by atoms with van der Waals surface area (Å²) in [5.74, 6) is 0.0447. The lowest BCUT2D eigenvalue weighted by Crippen LogP contribution is -2.39. The summed E-state index contributed by atoms with van der Waals surface area (Å²) >= 11 is 0. The number of hydrogen-bond donors (Lipinski definition) is 3. The molecule has 3 N–H and O–H groups in total. The van der Waals surface area contributed by atoms with Crippen molar-refractivity contribution in [3.63, 3.8) is 0 Å². The molecule has 0 heterocycles. The molecule has 3 amide bonds. The molecule has 0 aliphatic heterocycles. The summed E-state index contributed by atoms with van der Waals surface area (Å²) in [6.45, 7) is 0.0460. The number of benzene rings is 3. The number of anilines is 1. The molecule has 160 valence electrons. The molecule has 3 aromatic carbocycles. The first-order valence-electron chi connectivity index (χ1n) is 9.80. The maximum Gasteiger partial charge on any atom is 0.315 e. The highest BCUT2D eigenvalue weighted by atomic mass is 19.1. The molecule has 0 aliphatic rings. The number of methoxy groups -OCH3 is 1. The number of halogens is 1. The zero-order valence-corrected chi connectivity index (χ0v) is 17.2. The zero-order valence-electron chi connectivity index (χ0n) is 17.2. The Bertz CT molecular complexity index is 1020. The first kappa shape index (κ1) is 21.8. The second kappa shape index (κ2) is 10.8. The zero-order chi connectivity index (χ0) is 22.1. The van der Waals surface area contributed by atoms with Gasteiger partial charge in [-0.15, -0.1) is 0 Å². The van der Waals surface area contributed by atoms with Crippen molar-refractivity contribution in [3.8, 4) is 5.75 Å². The monoisotopic (exact) mass is 421 g/mol. The van der Waals surface area contributed by atoms with Crippen LogP contribution in [0.2, 0.25) is 0 Å². The van der Waals surface area contributed by atoms with Crippen LogP contribution in [-0.4, -0.2) is 25.6 Å². The molecule has 0 unspecified atom stereocenters. The number of carbonyl (C=O) groups is 2. The van der Waals surface area contributed by atoms with Crippen molar-refractivity contribution >= 4 is 17.6 Å². The van der Waals surface area contributed by atoms with Crippen LogP contribution >= 0.6 is 0 Å². The summed E-state index contributed by atoms with van der Waals surface area (Å²) in [4.78, 5) is 24.1. The number of amides is 3. The lowest BCUT2D eigenvalue weighted by Gasteiger charge is -2.12. The Balaban J connectivity index is 1.50. The Kier molecular flexibility index (Phi) is 7.59. The van der Waals surface area contributed by atoms with Gasteiger partial charge in [-0.2, -0.15) is 0 Å². The van der Waals surface area contributed by atoms with Crippen molar-refractivity contribution in [1.82, 2.24) is 10.6 Å². The first-order valence-corrected chi connectivity index (χ1v) is 9.80. The van der Waals surface area contributed by atoms with Crippen molar-refractivity contribution < 1.29 is 18.7 Å². The minimum Gasteiger partial charge on any atom is -0.496 e. The average molecular weight is 421 g/mol. The Morgan fingerprint density at radius 2 is 1.65 bits per heavy atom. The molecule has 0 aliphatic carbocycles. The van der Waals surface area contributed by atoms with Gasteiger partial charge >= 0.3 is 6.03 Å². The van der Waals surface area contributed by atoms with Gasteiger partial charge < -0.3 is 20.7 Å². The second-order valence-electron chi connectivity index (χ2n) is 6.90. The molecule has 0 saturated carbocycles. The van der Waals surface area contributed by atoms with Crippen molar-refractivity contribution in [2.24, 2.45) is 0 Å². The van der Waals surface area contributed by atoms with Crippen molar-refractivity contribution in [2.45, 2.75) is 13.0 Å². The summed E-state index contributed by atoms with van der Waals surface area (Å²) in [5.41, 5.74) is 3.44. The number of rotatable bonds is 8. The predicted molar refractivity (Wildman–Crippen MR) is 118 cm³/mol. The molecular weight excluding hydrogens is 397 g/mol. The standard InChI is InChI=1S/C24H24FN3O3/c1-31-22-12-11-21(14-19(22)13-17-5-3-2-4-6-17)28-23(29)16-27-24(30)26-15-18-7-9-20(25)10-8-18/h2-12,14H,13,15-16H2,1H3,(H,28,29)(H2,26,27,30). The van der Waals surface area contributed by atoms with Crippen LogP contribution in [0.4, 0.5) is 14.9 Å². The van der Waals surface area contributed by atoms with E-state index in [0.717, 1.165) is 22.4 Å². The van der Waals surface area contributed by atoms with Crippen LogP contribution in [-0.2, 0) is 17.8 Å². The van der Waals surface area contributed by atoms with E-state index in [1.807, 2.05) is 36.4 Å². The molecule has 31 heavy (non-hydrogen) atoms. The van der Waals surface area contributed by atoms with Crippen LogP contribution in [0.15, 0.2) is 72.8 Å². The predicted octanol–water partition coefficient (Wildman–Crippen LogP) is 3.86. The van der Waals surface area contributed by atoms with Gasteiger partial charge in [0.25, 0.3) is 0 Å². The Labute approximate surface area is 180 Å². The lowest BCUT2D eigenvalue weighted by atomic mass is 10.0. The summed E-state index contributed by atoms with van der Waals surface area (Å²) in [7, 11) is 1.61. The number of carbonyl (C=O) groups excluding carboxylic acids is 2. The van der Waals surface area contributed by atoms with Gasteiger partial charge in [-0.1, -0.05) is 42.5 Å². The molecule has 0 bridgehead atoms. The quantitative estimate of drug-likeness (QED) is 0.517. The van der Waals surface area contributed by atoms with Crippen LogP contribution in [0.3, 0.4) is 0 Å². The summed E-state index contributed by atoms with van der Waals surface area (Å²) < 4.78 is 18.3. The highest BCUT2D eigenvalue weighted by Crippen LogP contribution is 2.25. The fraction of sp³-hybridized carbons (Fsp3) is 0.167. The summed E-state index contributed by atoms with van der Waals surface area (Å²) in [6, 6.07) is 20.7. The van der Waals surface area contributed by atoms with Gasteiger partial charge in [0.1, 0.15) is 11.6 Å². The minimum absolute atomic E-state index is 0.185. The van der Waals surface area contributed by atoms with E-state index in [-0.39, 0.29) is 24.8 Å². The Morgan fingerprint density at radius 1 is 0.903 bits per heavy atom. The van der Waals surface area contributed by atoms with Crippen molar-refractivity contribution in [1.29, 1.82) is 0 Å². The van der Waals surface area contributed by atoms with Gasteiger partial charge in [0.2, 0.25) is 5.91 Å². The topological polar surface area (TPSA) is 79.5 Å². The third-order valence-corrected chi connectivity index (χ3v) is 4.58. The van der Waals surface area contributed by atoms with Gasteiger partial charge in [-0.3, -0.25) is 4.79 Å². The number of nitrogens with one attached hydrogen (secondary N) is 3. The van der Waals surface area contributed by atoms with Crippen LogP contribution < -0.4 is 20.7 Å². The van der Waals surface area contributed by atoms with E-state index in [9.17, 15) is 14.0 Å². The van der Waals surface area contributed by atoms with E-state index in [1.165, 1.54) is 12.1 Å². The van der Waals surface area contributed by atoms with E-state index in [2.05, 4.69) is 16.0 Å². The number of urea groups is 1. The molecule has 3 aromatic rings. The third kappa shape index (κ3) is 6.85. The summed E-state index contributed by atoms with van der Waals surface area (Å²) in [6.07, 6.45) is 0.664. The smallest absolute Gasteiger partial charge is 0.315 e. The molecular formula is C24H24FN3O3. The van der Waals surface area contributed by atoms with Crippen molar-refractivity contribution in [2.75, 3.05) is 19.0 Å². The highest BCUT2D eigenvalue weighted by molar-refractivity contribution is 5.94. The van der Waals surface area contributed by atoms with Gasteiger partial charge in [0.05, 0.1) is 13.7 Å². The van der Waals surface area contributed by atoms with Gasteiger partial charge in [0.15, 0.2) is 0 Å². The molecule has 0 spiro atoms. The fourth-order valence-corrected chi connectivity index (χ4v) is 3.02. The highest BCUT2D eigenvalue weighted by Gasteiger charge is 2.09. The third-order valence-electron chi connectivity index (χ3n) is 4.58. The van der Waals surface area contributed by atoms with Crippen molar-refractivity contribution in [3.05, 3.63) is 95.3 Å². The van der Waals surface area contributed by atoms with E-state index in [4.69, 9.17) is 4.74 Å². The Hall–Kier alpha value is -3.87. The van der Waals surface area contributed by atoms with Crippen LogP contribution in [0, 0.1) is 5.82 Å². The number of hydrogen-bond acceptors (Lipinski definition) is 3. The maximum absolute atomic E-state index is 12.9. The average Bonchev–Trinajstić information content (AvgIpc) is 2.78. The SMILES string of the molecule is COc1ccc(NC(=O)CNC(=O)NCc2ccc(F)cc2)cc1Cc1ccccc1. The van der Waals surface area contributed by atoms with Gasteiger partial charge in [-0.25, -0.2) is 9.18 Å². The molecule has 0 fully saturated rings. The molecule has 6 nitrogen and oxygen atoms in total. The van der Waals surface area contributed by atoms with E-state index in [0.29, 0.717) is 12.1 Å². The van der Waals surface area contributed by atoms with Crippen LogP contribution in [0.5, 0.6) is 5.75 Å². The van der Waals surface area contributed by atoms with Gasteiger partial charge in [0, 0.05) is 24.2 Å². The van der Waals surface area contributed by atoms with E-state index in [1.54, 1.807) is 31.4 Å². The van der Waals surface area contributed by atoms with E-state index < -0.39 is 6.03 Å².